The van der Waals surface area contributed by atoms with Crippen molar-refractivity contribution in [3.05, 3.63) is 29.6 Å². The lowest BCUT2D eigenvalue weighted by Crippen LogP contribution is -2.39. The van der Waals surface area contributed by atoms with Gasteiger partial charge in [-0.2, -0.15) is 17.6 Å². The van der Waals surface area contributed by atoms with Crippen LogP contribution in [0, 0.1) is 11.8 Å². The van der Waals surface area contributed by atoms with Gasteiger partial charge in [0.2, 0.25) is 5.95 Å². The second kappa shape index (κ2) is 5.94. The van der Waals surface area contributed by atoms with Crippen LogP contribution in [0.3, 0.4) is 0 Å². The average molecular weight is 282 g/mol. The Kier molecular flexibility index (Phi) is 4.79. The summed E-state index contributed by atoms with van der Waals surface area (Å²) in [7, 11) is 0. The van der Waals surface area contributed by atoms with Crippen LogP contribution >= 0.6 is 0 Å². The minimum Gasteiger partial charge on any atom is -0.329 e. The zero-order chi connectivity index (χ0) is 14.6. The fraction of sp³-hybridized carbons (Fsp3) is 0.455. The second-order valence-corrected chi connectivity index (χ2v) is 3.81. The molecule has 8 heteroatoms. The Morgan fingerprint density at radius 2 is 2.00 bits per heavy atom. The molecule has 0 saturated heterocycles. The molecule has 0 aromatic carbocycles. The predicted molar refractivity (Wildman–Crippen MR) is 56.4 cm³/mol. The van der Waals surface area contributed by atoms with Gasteiger partial charge in [0.25, 0.3) is 5.91 Å². The standard InChI is InChI=1S/C11H11F5N2O/c1-2-5-18(6-11(14,15)16)10(19)7-3-4-17-9(13)8(7)12/h3-4H,2,5-6H2,1H3. The number of pyridine rings is 1. The summed E-state index contributed by atoms with van der Waals surface area (Å²) in [6, 6.07) is 0.847. The van der Waals surface area contributed by atoms with Crippen LogP contribution in [0.4, 0.5) is 22.0 Å². The lowest BCUT2D eigenvalue weighted by molar-refractivity contribution is -0.140. The highest BCUT2D eigenvalue weighted by Crippen LogP contribution is 2.19. The van der Waals surface area contributed by atoms with E-state index in [9.17, 15) is 26.7 Å². The van der Waals surface area contributed by atoms with Crippen molar-refractivity contribution in [2.75, 3.05) is 13.1 Å². The zero-order valence-corrected chi connectivity index (χ0v) is 9.97. The number of aromatic nitrogens is 1. The minimum absolute atomic E-state index is 0.207. The Morgan fingerprint density at radius 3 is 2.53 bits per heavy atom. The summed E-state index contributed by atoms with van der Waals surface area (Å²) in [5.41, 5.74) is -0.759. The number of amides is 1. The molecular formula is C11H11F5N2O. The molecule has 106 valence electrons. The smallest absolute Gasteiger partial charge is 0.329 e. The van der Waals surface area contributed by atoms with E-state index in [-0.39, 0.29) is 13.0 Å². The molecule has 0 fully saturated rings. The number of carbonyl (C=O) groups excluding carboxylic acids is 1. The zero-order valence-electron chi connectivity index (χ0n) is 9.97. The van der Waals surface area contributed by atoms with E-state index in [1.165, 1.54) is 0 Å². The third kappa shape index (κ3) is 4.15. The molecule has 0 aliphatic carbocycles. The van der Waals surface area contributed by atoms with E-state index in [4.69, 9.17) is 0 Å². The first-order valence-electron chi connectivity index (χ1n) is 5.42. The van der Waals surface area contributed by atoms with Gasteiger partial charge < -0.3 is 4.90 Å². The summed E-state index contributed by atoms with van der Waals surface area (Å²) in [5.74, 6) is -4.27. The van der Waals surface area contributed by atoms with Gasteiger partial charge in [-0.1, -0.05) is 6.92 Å². The van der Waals surface area contributed by atoms with Gasteiger partial charge in [0.05, 0.1) is 5.56 Å². The summed E-state index contributed by atoms with van der Waals surface area (Å²) < 4.78 is 63.1. The molecule has 1 aromatic heterocycles. The molecular weight excluding hydrogens is 271 g/mol. The highest BCUT2D eigenvalue weighted by atomic mass is 19.4. The third-order valence-electron chi connectivity index (χ3n) is 2.23. The molecule has 0 saturated carbocycles. The number of rotatable bonds is 4. The molecule has 0 aliphatic heterocycles. The highest BCUT2D eigenvalue weighted by molar-refractivity contribution is 5.94. The first-order valence-corrected chi connectivity index (χ1v) is 5.42. The van der Waals surface area contributed by atoms with E-state index >= 15 is 0 Å². The van der Waals surface area contributed by atoms with Crippen molar-refractivity contribution >= 4 is 5.91 Å². The maximum absolute atomic E-state index is 13.3. The molecule has 0 atom stereocenters. The fourth-order valence-electron chi connectivity index (χ4n) is 1.49. The van der Waals surface area contributed by atoms with Crippen molar-refractivity contribution in [1.29, 1.82) is 0 Å². The van der Waals surface area contributed by atoms with Crippen LogP contribution in [-0.2, 0) is 0 Å². The van der Waals surface area contributed by atoms with E-state index in [1.807, 2.05) is 0 Å². The first-order chi connectivity index (χ1) is 8.76. The number of alkyl halides is 3. The van der Waals surface area contributed by atoms with Crippen molar-refractivity contribution in [3.63, 3.8) is 0 Å². The summed E-state index contributed by atoms with van der Waals surface area (Å²) in [5, 5.41) is 0. The second-order valence-electron chi connectivity index (χ2n) is 3.81. The molecule has 1 heterocycles. The minimum atomic E-state index is -4.60. The van der Waals surface area contributed by atoms with Crippen LogP contribution in [0.15, 0.2) is 12.3 Å². The molecule has 3 nitrogen and oxygen atoms in total. The Morgan fingerprint density at radius 1 is 1.37 bits per heavy atom. The first kappa shape index (κ1) is 15.3. The van der Waals surface area contributed by atoms with Crippen molar-refractivity contribution in [2.45, 2.75) is 19.5 Å². The molecule has 1 aromatic rings. The van der Waals surface area contributed by atoms with Crippen LogP contribution in [0.25, 0.3) is 0 Å². The summed E-state index contributed by atoms with van der Waals surface area (Å²) >= 11 is 0. The van der Waals surface area contributed by atoms with Crippen molar-refractivity contribution in [1.82, 2.24) is 9.88 Å². The fourth-order valence-corrected chi connectivity index (χ4v) is 1.49. The normalized spacial score (nSPS) is 11.5. The van der Waals surface area contributed by atoms with Crippen LogP contribution in [0.2, 0.25) is 0 Å². The number of halogens is 5. The lowest BCUT2D eigenvalue weighted by atomic mass is 10.2. The lowest BCUT2D eigenvalue weighted by Gasteiger charge is -2.23. The van der Waals surface area contributed by atoms with Gasteiger partial charge in [-0.15, -0.1) is 0 Å². The molecule has 1 amide bonds. The Bertz CT molecular complexity index is 461. The number of hydrogen-bond acceptors (Lipinski definition) is 2. The van der Waals surface area contributed by atoms with Crippen LogP contribution in [0.5, 0.6) is 0 Å². The van der Waals surface area contributed by atoms with Crippen LogP contribution < -0.4 is 0 Å². The average Bonchev–Trinajstić information content (AvgIpc) is 2.30. The van der Waals surface area contributed by atoms with Gasteiger partial charge in [0.15, 0.2) is 5.82 Å². The van der Waals surface area contributed by atoms with Gasteiger partial charge in [-0.25, -0.2) is 9.37 Å². The predicted octanol–water partition coefficient (Wildman–Crippen LogP) is 2.77. The molecule has 0 spiro atoms. The molecule has 0 unspecified atom stereocenters. The van der Waals surface area contributed by atoms with Gasteiger partial charge in [0, 0.05) is 12.7 Å². The van der Waals surface area contributed by atoms with Crippen LogP contribution in [-0.4, -0.2) is 35.1 Å². The highest BCUT2D eigenvalue weighted by Gasteiger charge is 2.34. The van der Waals surface area contributed by atoms with Gasteiger partial charge in [0.1, 0.15) is 6.54 Å². The third-order valence-corrected chi connectivity index (χ3v) is 2.23. The molecule has 1 rings (SSSR count). The Balaban J connectivity index is 3.02. The van der Waals surface area contributed by atoms with E-state index in [1.54, 1.807) is 6.92 Å². The largest absolute Gasteiger partial charge is 0.406 e. The van der Waals surface area contributed by atoms with E-state index in [2.05, 4.69) is 4.98 Å². The van der Waals surface area contributed by atoms with E-state index < -0.39 is 36.0 Å². The van der Waals surface area contributed by atoms with Crippen LogP contribution in [0.1, 0.15) is 23.7 Å². The quantitative estimate of drug-likeness (QED) is 0.628. The maximum atomic E-state index is 13.3. The van der Waals surface area contributed by atoms with Crippen molar-refractivity contribution < 1.29 is 26.7 Å². The maximum Gasteiger partial charge on any atom is 0.406 e. The number of nitrogens with zero attached hydrogens (tertiary/aromatic N) is 2. The van der Waals surface area contributed by atoms with Crippen molar-refractivity contribution in [3.8, 4) is 0 Å². The molecule has 0 radical (unpaired) electrons. The summed E-state index contributed by atoms with van der Waals surface area (Å²) in [6.45, 7) is -0.148. The number of hydrogen-bond donors (Lipinski definition) is 0. The molecule has 0 bridgehead atoms. The molecule has 0 aliphatic rings. The van der Waals surface area contributed by atoms with Gasteiger partial charge >= 0.3 is 6.18 Å². The number of carbonyl (C=O) groups is 1. The van der Waals surface area contributed by atoms with Gasteiger partial charge in [-0.3, -0.25) is 4.79 Å². The molecule has 19 heavy (non-hydrogen) atoms. The van der Waals surface area contributed by atoms with E-state index in [0.717, 1.165) is 12.3 Å². The summed E-state index contributed by atoms with van der Waals surface area (Å²) in [4.78, 5) is 15.2. The topological polar surface area (TPSA) is 33.2 Å². The van der Waals surface area contributed by atoms with Gasteiger partial charge in [-0.05, 0) is 12.5 Å². The Hall–Kier alpha value is -1.73. The van der Waals surface area contributed by atoms with E-state index in [0.29, 0.717) is 4.90 Å². The SMILES string of the molecule is CCCN(CC(F)(F)F)C(=O)c1ccnc(F)c1F. The Labute approximate surface area is 106 Å². The molecule has 0 N–H and O–H groups in total. The summed E-state index contributed by atoms with van der Waals surface area (Å²) in [6.07, 6.45) is -3.52. The monoisotopic (exact) mass is 282 g/mol. The van der Waals surface area contributed by atoms with Crippen molar-refractivity contribution in [2.24, 2.45) is 0 Å².